The van der Waals surface area contributed by atoms with Crippen LogP contribution in [0.15, 0.2) is 83.9 Å². The molecule has 52 heavy (non-hydrogen) atoms. The minimum absolute atomic E-state index is 0.0244. The van der Waals surface area contributed by atoms with Gasteiger partial charge in [0.1, 0.15) is 23.8 Å². The molecule has 0 atom stereocenters. The van der Waals surface area contributed by atoms with Crippen molar-refractivity contribution in [1.29, 1.82) is 0 Å². The molecule has 2 aromatic carbocycles. The van der Waals surface area contributed by atoms with E-state index in [1.807, 2.05) is 0 Å². The van der Waals surface area contributed by atoms with Crippen molar-refractivity contribution in [3.05, 3.63) is 95.4 Å². The van der Waals surface area contributed by atoms with Crippen molar-refractivity contribution < 1.29 is 18.3 Å². The largest absolute Gasteiger partial charge is 0.480 e. The minimum Gasteiger partial charge on any atom is -0.480 e. The van der Waals surface area contributed by atoms with Gasteiger partial charge in [0.15, 0.2) is 5.65 Å². The lowest BCUT2D eigenvalue weighted by molar-refractivity contribution is 0.0858. The average Bonchev–Trinajstić information content (AvgIpc) is 3.39. The fourth-order valence-corrected chi connectivity index (χ4v) is 12.8. The molecule has 6 rings (SSSR count). The number of halogens is 1. The normalized spacial score (nSPS) is 17.0. The lowest BCUT2D eigenvalue weighted by atomic mass is 9.93. The molecule has 1 aliphatic rings. The molecule has 1 aliphatic carbocycles. The van der Waals surface area contributed by atoms with Gasteiger partial charge in [-0.1, -0.05) is 101 Å². The number of nitrogens with one attached hydrogen (secondary N) is 1. The molecule has 1 saturated carbocycles. The third kappa shape index (κ3) is 7.92. The van der Waals surface area contributed by atoms with Crippen LogP contribution in [0.2, 0.25) is 30.7 Å². The first-order valence-electron chi connectivity index (χ1n) is 18.1. The number of fused-ring (bicyclic) bond motifs is 1. The van der Waals surface area contributed by atoms with Gasteiger partial charge in [-0.25, -0.2) is 19.2 Å². The van der Waals surface area contributed by atoms with Crippen LogP contribution in [-0.2, 0) is 15.9 Å². The molecule has 1 N–H and O–H groups in total. The Labute approximate surface area is 307 Å². The Bertz CT molecular complexity index is 1980. The fourth-order valence-electron chi connectivity index (χ4n) is 7.27. The van der Waals surface area contributed by atoms with E-state index < -0.39 is 22.2 Å². The lowest BCUT2D eigenvalue weighted by Crippen LogP contribution is -2.67. The summed E-state index contributed by atoms with van der Waals surface area (Å²) in [6, 6.07) is 23.6. The van der Waals surface area contributed by atoms with Crippen molar-refractivity contribution in [2.24, 2.45) is 0 Å². The summed E-state index contributed by atoms with van der Waals surface area (Å²) in [6.45, 7) is 14.5. The molecule has 0 unspecified atom stereocenters. The number of pyridine rings is 1. The maximum Gasteiger partial charge on any atom is 0.332 e. The highest BCUT2D eigenvalue weighted by atomic mass is 28.4. The summed E-state index contributed by atoms with van der Waals surface area (Å²) in [7, 11) is -2.60. The molecule has 13 heteroatoms. The molecule has 0 bridgehead atoms. The van der Waals surface area contributed by atoms with Gasteiger partial charge in [0.05, 0.1) is 19.5 Å². The average molecular weight is 743 g/mol. The highest BCUT2D eigenvalue weighted by molar-refractivity contribution is 6.99. The summed E-state index contributed by atoms with van der Waals surface area (Å²) in [5.74, 6) is -0.123. The zero-order valence-corrected chi connectivity index (χ0v) is 33.4. The van der Waals surface area contributed by atoms with E-state index in [4.69, 9.17) is 18.9 Å². The quantitative estimate of drug-likeness (QED) is 0.0994. The van der Waals surface area contributed by atoms with Gasteiger partial charge >= 0.3 is 5.69 Å². The smallest absolute Gasteiger partial charge is 0.332 e. The molecule has 1 fully saturated rings. The highest BCUT2D eigenvalue weighted by Crippen LogP contribution is 2.41. The van der Waals surface area contributed by atoms with E-state index in [9.17, 15) is 9.18 Å². The SMILES string of the molecule is COc1ncc(F)cc1Nc1ncc2c(n1)n(C1CCC(O[Si](c3ccccc3)(c3ccccc3)C(C)(C)C)CC1)c(=O)n2COCC[Si](C)(C)C. The summed E-state index contributed by atoms with van der Waals surface area (Å²) < 4.78 is 36.4. The molecule has 0 radical (unpaired) electrons. The standard InChI is InChI=1S/C39H51FN6O4Si2/c1-39(2,3)52(31-14-10-8-11-15-31,32-16-12-9-13-17-32)50-30-20-18-29(19-21-30)46-35-34(45(38(46)47)27-49-22-23-51(5,6)7)26-42-37(44-35)43-33-24-28(40)25-41-36(33)48-4/h8-17,24-26,29-30H,18-23,27H2,1-7H3,(H,42,43,44). The number of benzene rings is 2. The van der Waals surface area contributed by atoms with Crippen LogP contribution in [-0.4, -0.2) is 60.3 Å². The number of rotatable bonds is 13. The van der Waals surface area contributed by atoms with Gasteiger partial charge in [-0.3, -0.25) is 9.13 Å². The van der Waals surface area contributed by atoms with Gasteiger partial charge in [0.2, 0.25) is 11.8 Å². The first-order chi connectivity index (χ1) is 24.8. The maximum absolute atomic E-state index is 14.3. The zero-order chi connectivity index (χ0) is 37.1. The van der Waals surface area contributed by atoms with Gasteiger partial charge < -0.3 is 19.2 Å². The fraction of sp³-hybridized carbons (Fsp3) is 0.436. The van der Waals surface area contributed by atoms with E-state index in [0.717, 1.165) is 37.9 Å². The molecule has 276 valence electrons. The number of hydrogen-bond donors (Lipinski definition) is 1. The van der Waals surface area contributed by atoms with Crippen LogP contribution in [0.3, 0.4) is 0 Å². The predicted octanol–water partition coefficient (Wildman–Crippen LogP) is 7.25. The second-order valence-electron chi connectivity index (χ2n) is 15.9. The molecule has 0 spiro atoms. The van der Waals surface area contributed by atoms with Crippen LogP contribution in [0.5, 0.6) is 5.88 Å². The van der Waals surface area contributed by atoms with E-state index in [1.54, 1.807) is 15.3 Å². The lowest BCUT2D eigenvalue weighted by Gasteiger charge is -2.46. The summed E-state index contributed by atoms with van der Waals surface area (Å²) in [4.78, 5) is 27.6. The summed E-state index contributed by atoms with van der Waals surface area (Å²) in [6.07, 6.45) is 5.81. The molecule has 10 nitrogen and oxygen atoms in total. The summed E-state index contributed by atoms with van der Waals surface area (Å²) >= 11 is 0. The molecule has 3 aromatic heterocycles. The van der Waals surface area contributed by atoms with E-state index in [1.165, 1.54) is 23.5 Å². The van der Waals surface area contributed by atoms with Crippen LogP contribution >= 0.6 is 0 Å². The van der Waals surface area contributed by atoms with Gasteiger partial charge in [-0.15, -0.1) is 0 Å². The molecule has 0 amide bonds. The van der Waals surface area contributed by atoms with Crippen LogP contribution in [0.4, 0.5) is 16.0 Å². The first kappa shape index (κ1) is 37.6. The molecule has 3 heterocycles. The molecular weight excluding hydrogens is 692 g/mol. The number of imidazole rings is 1. The van der Waals surface area contributed by atoms with Crippen molar-refractivity contribution in [3.63, 3.8) is 0 Å². The van der Waals surface area contributed by atoms with Crippen molar-refractivity contribution >= 4 is 49.6 Å². The number of methoxy groups -OCH3 is 1. The van der Waals surface area contributed by atoms with Crippen molar-refractivity contribution in [1.82, 2.24) is 24.1 Å². The Morgan fingerprint density at radius 1 is 0.923 bits per heavy atom. The van der Waals surface area contributed by atoms with Crippen molar-refractivity contribution in [2.75, 3.05) is 19.0 Å². The Hall–Kier alpha value is -4.18. The predicted molar refractivity (Wildman–Crippen MR) is 210 cm³/mol. The Balaban J connectivity index is 1.31. The number of nitrogens with zero attached hydrogens (tertiary/aromatic N) is 5. The highest BCUT2D eigenvalue weighted by Gasteiger charge is 2.51. The van der Waals surface area contributed by atoms with Crippen molar-refractivity contribution in [3.8, 4) is 5.88 Å². The topological polar surface area (TPSA) is 105 Å². The van der Waals surface area contributed by atoms with Crippen LogP contribution in [0.1, 0.15) is 52.5 Å². The summed E-state index contributed by atoms with van der Waals surface area (Å²) in [5.41, 5.74) is 1.18. The second-order valence-corrected chi connectivity index (χ2v) is 25.8. The Kier molecular flexibility index (Phi) is 11.2. The number of aromatic nitrogens is 5. The number of hydrogen-bond acceptors (Lipinski definition) is 8. The van der Waals surface area contributed by atoms with Crippen LogP contribution in [0.25, 0.3) is 11.2 Å². The molecular formula is C39H51FN6O4Si2. The monoisotopic (exact) mass is 742 g/mol. The molecule has 0 saturated heterocycles. The third-order valence-corrected chi connectivity index (χ3v) is 16.7. The van der Waals surface area contributed by atoms with Crippen LogP contribution in [0, 0.1) is 5.82 Å². The van der Waals surface area contributed by atoms with Gasteiger partial charge in [-0.2, -0.15) is 4.98 Å². The minimum atomic E-state index is -2.73. The van der Waals surface area contributed by atoms with Gasteiger partial charge in [-0.05, 0) is 47.1 Å². The zero-order valence-electron chi connectivity index (χ0n) is 31.4. The van der Waals surface area contributed by atoms with Gasteiger partial charge in [0, 0.05) is 32.9 Å². The van der Waals surface area contributed by atoms with E-state index in [-0.39, 0.29) is 47.1 Å². The first-order valence-corrected chi connectivity index (χ1v) is 23.7. The second kappa shape index (κ2) is 15.4. The third-order valence-electron chi connectivity index (χ3n) is 9.95. The van der Waals surface area contributed by atoms with E-state index in [0.29, 0.717) is 17.8 Å². The Morgan fingerprint density at radius 3 is 2.13 bits per heavy atom. The Morgan fingerprint density at radius 2 is 1.56 bits per heavy atom. The van der Waals surface area contributed by atoms with E-state index >= 15 is 0 Å². The van der Waals surface area contributed by atoms with Crippen LogP contribution < -0.4 is 26.1 Å². The molecule has 5 aromatic rings. The number of ether oxygens (including phenoxy) is 2. The number of anilines is 2. The maximum atomic E-state index is 14.3. The van der Waals surface area contributed by atoms with Gasteiger partial charge in [0.25, 0.3) is 8.32 Å². The molecule has 0 aliphatic heterocycles. The van der Waals surface area contributed by atoms with E-state index in [2.05, 4.69) is 116 Å². The summed E-state index contributed by atoms with van der Waals surface area (Å²) in [5, 5.41) is 5.42. The van der Waals surface area contributed by atoms with Crippen molar-refractivity contribution in [2.45, 2.75) is 96.1 Å².